The molecule has 16 heavy (non-hydrogen) atoms. The third kappa shape index (κ3) is 1.98. The van der Waals surface area contributed by atoms with Gasteiger partial charge in [-0.2, -0.15) is 0 Å². The fourth-order valence-corrected chi connectivity index (χ4v) is 2.74. The Morgan fingerprint density at radius 3 is 3.12 bits per heavy atom. The Morgan fingerprint density at radius 2 is 2.44 bits per heavy atom. The van der Waals surface area contributed by atoms with Gasteiger partial charge < -0.3 is 5.11 Å². The second kappa shape index (κ2) is 4.16. The first-order chi connectivity index (χ1) is 7.86. The molecule has 2 heterocycles. The number of imidazole rings is 1. The average Bonchev–Trinajstić information content (AvgIpc) is 2.90. The molecule has 1 N–H and O–H groups in total. The normalized spacial score (nSPS) is 16.4. The molecule has 0 saturated heterocycles. The van der Waals surface area contributed by atoms with Crippen molar-refractivity contribution >= 4 is 16.3 Å². The first kappa shape index (κ1) is 10.3. The number of thiazole rings is 1. The molecule has 4 nitrogen and oxygen atoms in total. The first-order valence-corrected chi connectivity index (χ1v) is 6.51. The molecular formula is C11H15N3OS. The van der Waals surface area contributed by atoms with Gasteiger partial charge in [-0.05, 0) is 12.8 Å². The Kier molecular flexibility index (Phi) is 2.67. The zero-order valence-corrected chi connectivity index (χ0v) is 9.86. The number of rotatable bonds is 5. The summed E-state index contributed by atoms with van der Waals surface area (Å²) in [6, 6.07) is 0.673. The van der Waals surface area contributed by atoms with E-state index in [9.17, 15) is 0 Å². The van der Waals surface area contributed by atoms with Gasteiger partial charge in [0.1, 0.15) is 0 Å². The van der Waals surface area contributed by atoms with Crippen LogP contribution in [0.4, 0.5) is 0 Å². The van der Waals surface area contributed by atoms with E-state index in [2.05, 4.69) is 20.5 Å². The fourth-order valence-electron chi connectivity index (χ4n) is 2.02. The lowest BCUT2D eigenvalue weighted by atomic mass is 10.4. The standard InChI is InChI=1S/C11H15N3OS/c15-5-3-13(10-1-2-10)7-9-8-14-4-6-16-11(14)12-9/h4,6,8,10,15H,1-3,5,7H2. The van der Waals surface area contributed by atoms with Crippen molar-refractivity contribution in [3.05, 3.63) is 23.5 Å². The molecule has 1 aliphatic rings. The zero-order valence-electron chi connectivity index (χ0n) is 9.04. The predicted octanol–water partition coefficient (Wildman–Crippen LogP) is 1.35. The van der Waals surface area contributed by atoms with Gasteiger partial charge in [0.2, 0.25) is 0 Å². The lowest BCUT2D eigenvalue weighted by Crippen LogP contribution is -2.28. The third-order valence-electron chi connectivity index (χ3n) is 2.96. The molecule has 86 valence electrons. The minimum absolute atomic E-state index is 0.235. The molecule has 1 saturated carbocycles. The number of fused-ring (bicyclic) bond motifs is 1. The van der Waals surface area contributed by atoms with E-state index in [0.717, 1.165) is 23.7 Å². The molecule has 2 aromatic rings. The maximum absolute atomic E-state index is 9.03. The topological polar surface area (TPSA) is 40.8 Å². The summed E-state index contributed by atoms with van der Waals surface area (Å²) in [7, 11) is 0. The lowest BCUT2D eigenvalue weighted by Gasteiger charge is -2.19. The van der Waals surface area contributed by atoms with Crippen LogP contribution in [-0.2, 0) is 6.54 Å². The Balaban J connectivity index is 1.74. The summed E-state index contributed by atoms with van der Waals surface area (Å²) in [4.78, 5) is 7.94. The number of hydrogen-bond acceptors (Lipinski definition) is 4. The monoisotopic (exact) mass is 237 g/mol. The maximum atomic E-state index is 9.03. The van der Waals surface area contributed by atoms with Crippen molar-refractivity contribution in [1.29, 1.82) is 0 Å². The van der Waals surface area contributed by atoms with Gasteiger partial charge in [-0.1, -0.05) is 0 Å². The molecule has 1 aliphatic carbocycles. The van der Waals surface area contributed by atoms with Gasteiger partial charge in [-0.3, -0.25) is 9.30 Å². The molecule has 0 aromatic carbocycles. The Morgan fingerprint density at radius 1 is 1.56 bits per heavy atom. The maximum Gasteiger partial charge on any atom is 0.193 e. The van der Waals surface area contributed by atoms with Crippen LogP contribution in [-0.4, -0.2) is 38.6 Å². The molecule has 0 atom stereocenters. The molecule has 0 amide bonds. The summed E-state index contributed by atoms with van der Waals surface area (Å²) in [6.45, 7) is 1.86. The van der Waals surface area contributed by atoms with Crippen molar-refractivity contribution in [3.8, 4) is 0 Å². The van der Waals surface area contributed by atoms with Gasteiger partial charge >= 0.3 is 0 Å². The van der Waals surface area contributed by atoms with E-state index in [1.165, 1.54) is 12.8 Å². The minimum Gasteiger partial charge on any atom is -0.395 e. The second-order valence-electron chi connectivity index (χ2n) is 4.25. The van der Waals surface area contributed by atoms with Crippen LogP contribution >= 0.6 is 11.3 Å². The first-order valence-electron chi connectivity index (χ1n) is 5.63. The zero-order chi connectivity index (χ0) is 11.0. The number of aliphatic hydroxyl groups is 1. The van der Waals surface area contributed by atoms with Crippen LogP contribution in [0.15, 0.2) is 17.8 Å². The smallest absolute Gasteiger partial charge is 0.193 e. The van der Waals surface area contributed by atoms with Gasteiger partial charge in [0.05, 0.1) is 12.3 Å². The highest BCUT2D eigenvalue weighted by atomic mass is 32.1. The molecule has 5 heteroatoms. The van der Waals surface area contributed by atoms with E-state index in [4.69, 9.17) is 5.11 Å². The van der Waals surface area contributed by atoms with Crippen molar-refractivity contribution in [1.82, 2.24) is 14.3 Å². The van der Waals surface area contributed by atoms with E-state index in [0.29, 0.717) is 6.04 Å². The van der Waals surface area contributed by atoms with Crippen LogP contribution in [0.5, 0.6) is 0 Å². The number of hydrogen-bond donors (Lipinski definition) is 1. The largest absolute Gasteiger partial charge is 0.395 e. The minimum atomic E-state index is 0.235. The third-order valence-corrected chi connectivity index (χ3v) is 3.73. The average molecular weight is 237 g/mol. The van der Waals surface area contributed by atoms with E-state index in [1.807, 2.05) is 11.6 Å². The Labute approximate surface area is 98.1 Å². The van der Waals surface area contributed by atoms with Gasteiger partial charge in [-0.15, -0.1) is 11.3 Å². The van der Waals surface area contributed by atoms with Gasteiger partial charge in [0.15, 0.2) is 4.96 Å². The SMILES string of the molecule is OCCN(Cc1cn2ccsc2n1)C1CC1. The van der Waals surface area contributed by atoms with E-state index >= 15 is 0 Å². The van der Waals surface area contributed by atoms with Crippen LogP contribution in [0.3, 0.4) is 0 Å². The molecule has 0 bridgehead atoms. The Hall–Kier alpha value is -0.910. The molecule has 0 radical (unpaired) electrons. The summed E-state index contributed by atoms with van der Waals surface area (Å²) in [6.07, 6.45) is 6.65. The van der Waals surface area contributed by atoms with Gasteiger partial charge in [0.25, 0.3) is 0 Å². The van der Waals surface area contributed by atoms with Crippen LogP contribution in [0.25, 0.3) is 4.96 Å². The number of aromatic nitrogens is 2. The fraction of sp³-hybridized carbons (Fsp3) is 0.545. The van der Waals surface area contributed by atoms with Gasteiger partial charge in [-0.25, -0.2) is 4.98 Å². The molecule has 3 rings (SSSR count). The molecule has 2 aromatic heterocycles. The summed E-state index contributed by atoms with van der Waals surface area (Å²) < 4.78 is 2.06. The lowest BCUT2D eigenvalue weighted by molar-refractivity contribution is 0.182. The van der Waals surface area contributed by atoms with E-state index < -0.39 is 0 Å². The van der Waals surface area contributed by atoms with Crippen LogP contribution in [0.1, 0.15) is 18.5 Å². The molecule has 0 spiro atoms. The molecular weight excluding hydrogens is 222 g/mol. The van der Waals surface area contributed by atoms with Crippen LogP contribution in [0, 0.1) is 0 Å². The second-order valence-corrected chi connectivity index (χ2v) is 5.12. The number of nitrogens with zero attached hydrogens (tertiary/aromatic N) is 3. The van der Waals surface area contributed by atoms with Crippen molar-refractivity contribution in [2.24, 2.45) is 0 Å². The van der Waals surface area contributed by atoms with Crippen molar-refractivity contribution in [2.45, 2.75) is 25.4 Å². The van der Waals surface area contributed by atoms with Crippen LogP contribution in [0.2, 0.25) is 0 Å². The van der Waals surface area contributed by atoms with Crippen molar-refractivity contribution < 1.29 is 5.11 Å². The summed E-state index contributed by atoms with van der Waals surface area (Å²) in [5, 5.41) is 11.1. The molecule has 0 unspecified atom stereocenters. The summed E-state index contributed by atoms with van der Waals surface area (Å²) in [5.41, 5.74) is 1.10. The van der Waals surface area contributed by atoms with Crippen LogP contribution < -0.4 is 0 Å². The van der Waals surface area contributed by atoms with E-state index in [-0.39, 0.29) is 6.61 Å². The van der Waals surface area contributed by atoms with Crippen molar-refractivity contribution in [3.63, 3.8) is 0 Å². The van der Waals surface area contributed by atoms with Gasteiger partial charge in [0, 0.05) is 36.9 Å². The quantitative estimate of drug-likeness (QED) is 0.853. The highest BCUT2D eigenvalue weighted by molar-refractivity contribution is 7.15. The summed E-state index contributed by atoms with van der Waals surface area (Å²) in [5.74, 6) is 0. The predicted molar refractivity (Wildman–Crippen MR) is 63.6 cm³/mol. The molecule has 0 aliphatic heterocycles. The Bertz CT molecular complexity index is 446. The number of aliphatic hydroxyl groups excluding tert-OH is 1. The summed E-state index contributed by atoms with van der Waals surface area (Å²) >= 11 is 1.66. The highest BCUT2D eigenvalue weighted by Crippen LogP contribution is 2.28. The van der Waals surface area contributed by atoms with Crippen molar-refractivity contribution in [2.75, 3.05) is 13.2 Å². The van der Waals surface area contributed by atoms with E-state index in [1.54, 1.807) is 11.3 Å². The highest BCUT2D eigenvalue weighted by Gasteiger charge is 2.28. The molecule has 1 fully saturated rings.